The van der Waals surface area contributed by atoms with Gasteiger partial charge in [-0.25, -0.2) is 4.79 Å². The Morgan fingerprint density at radius 3 is 2.72 bits per heavy atom. The summed E-state index contributed by atoms with van der Waals surface area (Å²) in [4.78, 5) is 21.5. The van der Waals surface area contributed by atoms with Crippen LogP contribution in [0.1, 0.15) is 36.6 Å². The highest BCUT2D eigenvalue weighted by molar-refractivity contribution is 5.86. The smallest absolute Gasteiger partial charge is 0.373 e. The zero-order valence-corrected chi connectivity index (χ0v) is 10.5. The number of esters is 1. The van der Waals surface area contributed by atoms with Crippen LogP contribution < -0.4 is 0 Å². The average molecular weight is 253 g/mol. The Hall–Kier alpha value is -2.11. The van der Waals surface area contributed by atoms with E-state index in [9.17, 15) is 14.9 Å². The van der Waals surface area contributed by atoms with E-state index in [1.54, 1.807) is 0 Å². The van der Waals surface area contributed by atoms with Crippen LogP contribution in [0.25, 0.3) is 6.08 Å². The molecular weight excluding hydrogens is 238 g/mol. The van der Waals surface area contributed by atoms with Gasteiger partial charge in [0.1, 0.15) is 5.76 Å². The molecule has 18 heavy (non-hydrogen) atoms. The highest BCUT2D eigenvalue weighted by Crippen LogP contribution is 2.17. The lowest BCUT2D eigenvalue weighted by Gasteiger charge is -2.01. The van der Waals surface area contributed by atoms with Crippen molar-refractivity contribution in [1.82, 2.24) is 0 Å². The van der Waals surface area contributed by atoms with Crippen molar-refractivity contribution >= 4 is 12.0 Å². The topological polar surface area (TPSA) is 82.6 Å². The molecule has 0 N–H and O–H groups in total. The van der Waals surface area contributed by atoms with Crippen molar-refractivity contribution in [2.75, 3.05) is 7.11 Å². The van der Waals surface area contributed by atoms with Gasteiger partial charge in [-0.1, -0.05) is 13.8 Å². The van der Waals surface area contributed by atoms with Crippen LogP contribution in [0.2, 0.25) is 0 Å². The van der Waals surface area contributed by atoms with E-state index in [4.69, 9.17) is 4.42 Å². The molecule has 0 spiro atoms. The zero-order valence-electron chi connectivity index (χ0n) is 10.5. The van der Waals surface area contributed by atoms with Gasteiger partial charge >= 0.3 is 5.97 Å². The summed E-state index contributed by atoms with van der Waals surface area (Å²) in [6, 6.07) is 2.92. The predicted molar refractivity (Wildman–Crippen MR) is 64.5 cm³/mol. The fourth-order valence-electron chi connectivity index (χ4n) is 1.41. The molecule has 0 amide bonds. The fourth-order valence-corrected chi connectivity index (χ4v) is 1.41. The maximum Gasteiger partial charge on any atom is 0.373 e. The standard InChI is InChI=1S/C12H15NO5/c1-8(2)6-9(13(15)16)7-10-4-5-11(18-10)12(14)17-3/h4-5,7-8H,6H2,1-3H3/b9-7-. The van der Waals surface area contributed by atoms with Crippen LogP contribution in [-0.2, 0) is 4.74 Å². The van der Waals surface area contributed by atoms with Gasteiger partial charge in [-0.2, -0.15) is 0 Å². The van der Waals surface area contributed by atoms with Gasteiger partial charge in [0.25, 0.3) is 0 Å². The summed E-state index contributed by atoms with van der Waals surface area (Å²) in [5.74, 6) is -0.156. The Kier molecular flexibility index (Phi) is 4.65. The number of allylic oxidation sites excluding steroid dienone is 1. The van der Waals surface area contributed by atoms with E-state index in [1.165, 1.54) is 25.3 Å². The lowest BCUT2D eigenvalue weighted by atomic mass is 10.1. The van der Waals surface area contributed by atoms with Gasteiger partial charge in [0.2, 0.25) is 11.5 Å². The third-order valence-corrected chi connectivity index (χ3v) is 2.17. The molecule has 98 valence electrons. The van der Waals surface area contributed by atoms with Crippen molar-refractivity contribution in [1.29, 1.82) is 0 Å². The monoisotopic (exact) mass is 253 g/mol. The van der Waals surface area contributed by atoms with Crippen LogP contribution in [0.5, 0.6) is 0 Å². The number of rotatable bonds is 5. The predicted octanol–water partition coefficient (Wildman–Crippen LogP) is 2.73. The summed E-state index contributed by atoms with van der Waals surface area (Å²) in [7, 11) is 1.24. The van der Waals surface area contributed by atoms with E-state index in [-0.39, 0.29) is 23.1 Å². The number of ether oxygens (including phenoxy) is 1. The summed E-state index contributed by atoms with van der Waals surface area (Å²) < 4.78 is 9.62. The van der Waals surface area contributed by atoms with E-state index in [1.807, 2.05) is 13.8 Å². The van der Waals surface area contributed by atoms with Crippen LogP contribution >= 0.6 is 0 Å². The number of nitrogens with zero attached hydrogens (tertiary/aromatic N) is 1. The minimum Gasteiger partial charge on any atom is -0.463 e. The third-order valence-electron chi connectivity index (χ3n) is 2.17. The number of methoxy groups -OCH3 is 1. The first-order chi connectivity index (χ1) is 8.43. The van der Waals surface area contributed by atoms with Gasteiger partial charge in [-0.05, 0) is 18.1 Å². The summed E-state index contributed by atoms with van der Waals surface area (Å²) >= 11 is 0. The Labute approximate surface area is 104 Å². The number of carbonyl (C=O) groups excluding carboxylic acids is 1. The molecular formula is C12H15NO5. The van der Waals surface area contributed by atoms with Crippen molar-refractivity contribution in [3.8, 4) is 0 Å². The maximum atomic E-state index is 11.2. The molecule has 6 nitrogen and oxygen atoms in total. The molecule has 0 fully saturated rings. The molecule has 0 aliphatic carbocycles. The molecule has 0 aromatic carbocycles. The summed E-state index contributed by atoms with van der Waals surface area (Å²) in [5, 5.41) is 10.8. The number of hydrogen-bond donors (Lipinski definition) is 0. The van der Waals surface area contributed by atoms with E-state index >= 15 is 0 Å². The highest BCUT2D eigenvalue weighted by Gasteiger charge is 2.16. The minimum absolute atomic E-state index is 0.0241. The van der Waals surface area contributed by atoms with Crippen molar-refractivity contribution < 1.29 is 18.9 Å². The second-order valence-electron chi connectivity index (χ2n) is 4.18. The molecule has 0 saturated carbocycles. The first-order valence-corrected chi connectivity index (χ1v) is 5.47. The van der Waals surface area contributed by atoms with Crippen LogP contribution in [0, 0.1) is 16.0 Å². The third kappa shape index (κ3) is 3.73. The molecule has 0 aliphatic rings. The van der Waals surface area contributed by atoms with E-state index in [0.717, 1.165) is 0 Å². The molecule has 1 aromatic rings. The lowest BCUT2D eigenvalue weighted by molar-refractivity contribution is -0.427. The highest BCUT2D eigenvalue weighted by atomic mass is 16.6. The Bertz CT molecular complexity index is 473. The van der Waals surface area contributed by atoms with E-state index in [0.29, 0.717) is 6.42 Å². The molecule has 0 aliphatic heterocycles. The van der Waals surface area contributed by atoms with Crippen molar-refractivity contribution in [2.24, 2.45) is 5.92 Å². The SMILES string of the molecule is COC(=O)c1ccc(/C=C(/CC(C)C)[N+](=O)[O-])o1. The first-order valence-electron chi connectivity index (χ1n) is 5.47. The van der Waals surface area contributed by atoms with Gasteiger partial charge in [-0.3, -0.25) is 10.1 Å². The minimum atomic E-state index is -0.610. The normalized spacial score (nSPS) is 11.7. The number of furan rings is 1. The quantitative estimate of drug-likeness (QED) is 0.457. The summed E-state index contributed by atoms with van der Waals surface area (Å²) in [5.41, 5.74) is 0.0516. The first kappa shape index (κ1) is 14.0. The molecule has 0 unspecified atom stereocenters. The largest absolute Gasteiger partial charge is 0.463 e. The molecule has 0 saturated heterocycles. The maximum absolute atomic E-state index is 11.2. The Morgan fingerprint density at radius 2 is 2.22 bits per heavy atom. The molecule has 1 aromatic heterocycles. The molecule has 6 heteroatoms. The van der Waals surface area contributed by atoms with Crippen LogP contribution in [0.4, 0.5) is 0 Å². The lowest BCUT2D eigenvalue weighted by Crippen LogP contribution is -2.02. The Balaban J connectivity index is 2.94. The molecule has 1 rings (SSSR count). The van der Waals surface area contributed by atoms with Crippen molar-refractivity contribution in [3.63, 3.8) is 0 Å². The van der Waals surface area contributed by atoms with Crippen LogP contribution in [-0.4, -0.2) is 18.0 Å². The second-order valence-corrected chi connectivity index (χ2v) is 4.18. The molecule has 1 heterocycles. The van der Waals surface area contributed by atoms with Gasteiger partial charge in [0, 0.05) is 6.42 Å². The average Bonchev–Trinajstić information content (AvgIpc) is 2.75. The number of hydrogen-bond acceptors (Lipinski definition) is 5. The molecule has 0 atom stereocenters. The van der Waals surface area contributed by atoms with E-state index in [2.05, 4.69) is 4.74 Å². The summed E-state index contributed by atoms with van der Waals surface area (Å²) in [6.45, 7) is 3.78. The van der Waals surface area contributed by atoms with Gasteiger partial charge < -0.3 is 9.15 Å². The fraction of sp³-hybridized carbons (Fsp3) is 0.417. The molecule has 0 bridgehead atoms. The Morgan fingerprint density at radius 1 is 1.56 bits per heavy atom. The van der Waals surface area contributed by atoms with Gasteiger partial charge in [0.05, 0.1) is 18.1 Å². The molecule has 0 radical (unpaired) electrons. The van der Waals surface area contributed by atoms with Gasteiger partial charge in [-0.15, -0.1) is 0 Å². The van der Waals surface area contributed by atoms with Crippen LogP contribution in [0.15, 0.2) is 22.2 Å². The number of nitro groups is 1. The van der Waals surface area contributed by atoms with Crippen molar-refractivity contribution in [3.05, 3.63) is 39.5 Å². The van der Waals surface area contributed by atoms with Crippen LogP contribution in [0.3, 0.4) is 0 Å². The summed E-state index contributed by atoms with van der Waals surface area (Å²) in [6.07, 6.45) is 1.66. The second kappa shape index (κ2) is 6.00. The van der Waals surface area contributed by atoms with Gasteiger partial charge in [0.15, 0.2) is 0 Å². The van der Waals surface area contributed by atoms with E-state index < -0.39 is 10.9 Å². The van der Waals surface area contributed by atoms with Crippen molar-refractivity contribution in [2.45, 2.75) is 20.3 Å². The number of carbonyl (C=O) groups is 1. The zero-order chi connectivity index (χ0) is 13.7.